The molecule has 1 unspecified atom stereocenters. The van der Waals surface area contributed by atoms with E-state index in [4.69, 9.17) is 19.9 Å². The monoisotopic (exact) mass is 309 g/mol. The number of hydrogen-bond acceptors (Lipinski definition) is 7. The van der Waals surface area contributed by atoms with Crippen molar-refractivity contribution in [3.63, 3.8) is 0 Å². The Morgan fingerprint density at radius 3 is 2.95 bits per heavy atom. The molecule has 2 heterocycles. The Labute approximate surface area is 128 Å². The third-order valence-electron chi connectivity index (χ3n) is 3.02. The number of fused-ring (bicyclic) bond motifs is 1. The average Bonchev–Trinajstić information content (AvgIpc) is 2.49. The van der Waals surface area contributed by atoms with Crippen LogP contribution in [0.4, 0.5) is 11.6 Å². The number of nitrogens with two attached hydrogens (primary N) is 1. The van der Waals surface area contributed by atoms with E-state index in [1.807, 2.05) is 6.92 Å². The lowest BCUT2D eigenvalue weighted by Gasteiger charge is -2.31. The molecule has 1 aliphatic heterocycles. The van der Waals surface area contributed by atoms with Crippen LogP contribution in [0, 0.1) is 0 Å². The van der Waals surface area contributed by atoms with Gasteiger partial charge in [0.15, 0.2) is 17.7 Å². The number of amides is 1. The van der Waals surface area contributed by atoms with Gasteiger partial charge in [-0.05, 0) is 26.0 Å². The number of carbonyl (C=O) groups excluding carboxylic acids is 2. The van der Waals surface area contributed by atoms with Gasteiger partial charge in [-0.1, -0.05) is 0 Å². The molecule has 1 atom stereocenters. The minimum absolute atomic E-state index is 0.137. The highest BCUT2D eigenvalue weighted by molar-refractivity contribution is 6.02. The van der Waals surface area contributed by atoms with E-state index in [-0.39, 0.29) is 30.7 Å². The van der Waals surface area contributed by atoms with Gasteiger partial charge in [-0.3, -0.25) is 14.5 Å². The summed E-state index contributed by atoms with van der Waals surface area (Å²) in [5.74, 6) is -0.0441. The molecule has 22 heavy (non-hydrogen) atoms. The first kappa shape index (κ1) is 16.0. The van der Waals surface area contributed by atoms with Crippen LogP contribution in [0.15, 0.2) is 12.1 Å². The Morgan fingerprint density at radius 1 is 1.45 bits per heavy atom. The van der Waals surface area contributed by atoms with Crippen LogP contribution in [0.1, 0.15) is 13.8 Å². The largest absolute Gasteiger partial charge is 0.477 e. The van der Waals surface area contributed by atoms with Gasteiger partial charge in [-0.15, -0.1) is 0 Å². The topological polar surface area (TPSA) is 104 Å². The zero-order valence-corrected chi connectivity index (χ0v) is 12.6. The lowest BCUT2D eigenvalue weighted by molar-refractivity contribution is -0.144. The number of carbonyl (C=O) groups is 2. The predicted molar refractivity (Wildman–Crippen MR) is 78.5 cm³/mol. The summed E-state index contributed by atoms with van der Waals surface area (Å²) in [5, 5.41) is 0. The number of ether oxygens (including phenoxy) is 3. The molecule has 2 rings (SSSR count). The van der Waals surface area contributed by atoms with Crippen molar-refractivity contribution >= 4 is 23.5 Å². The van der Waals surface area contributed by atoms with Gasteiger partial charge < -0.3 is 19.9 Å². The maximum atomic E-state index is 12.2. The van der Waals surface area contributed by atoms with E-state index in [1.54, 1.807) is 19.1 Å². The fourth-order valence-corrected chi connectivity index (χ4v) is 1.99. The van der Waals surface area contributed by atoms with E-state index < -0.39 is 12.1 Å². The molecule has 1 aliphatic rings. The minimum atomic E-state index is -0.700. The van der Waals surface area contributed by atoms with Gasteiger partial charge in [0, 0.05) is 6.61 Å². The van der Waals surface area contributed by atoms with Crippen LogP contribution < -0.4 is 15.4 Å². The highest BCUT2D eigenvalue weighted by Crippen LogP contribution is 2.32. The Bertz CT molecular complexity index is 563. The normalized spacial score (nSPS) is 16.9. The smallest absolute Gasteiger partial charge is 0.326 e. The molecule has 0 bridgehead atoms. The van der Waals surface area contributed by atoms with Gasteiger partial charge in [0.2, 0.25) is 0 Å². The second-order valence-corrected chi connectivity index (χ2v) is 4.66. The van der Waals surface area contributed by atoms with E-state index in [9.17, 15) is 9.59 Å². The molecular formula is C14H19N3O5. The van der Waals surface area contributed by atoms with E-state index in [1.165, 1.54) is 4.90 Å². The number of pyridine rings is 1. The summed E-state index contributed by atoms with van der Waals surface area (Å²) in [6.45, 7) is 4.21. The predicted octanol–water partition coefficient (Wildman–Crippen LogP) is 0.357. The third kappa shape index (κ3) is 3.64. The minimum Gasteiger partial charge on any atom is -0.477 e. The van der Waals surface area contributed by atoms with Crippen LogP contribution in [0.25, 0.3) is 0 Å². The quantitative estimate of drug-likeness (QED) is 0.597. The van der Waals surface area contributed by atoms with Crippen LogP contribution in [0.2, 0.25) is 0 Å². The van der Waals surface area contributed by atoms with Crippen molar-refractivity contribution in [1.82, 2.24) is 4.98 Å². The highest BCUT2D eigenvalue weighted by atomic mass is 16.6. The summed E-state index contributed by atoms with van der Waals surface area (Å²) in [4.78, 5) is 29.3. The summed E-state index contributed by atoms with van der Waals surface area (Å²) in [5.41, 5.74) is 5.63. The summed E-state index contributed by atoms with van der Waals surface area (Å²) in [6.07, 6.45) is -0.700. The van der Waals surface area contributed by atoms with Crippen molar-refractivity contribution < 1.29 is 23.8 Å². The molecule has 0 radical (unpaired) electrons. The molecule has 1 amide bonds. The molecule has 0 saturated heterocycles. The maximum Gasteiger partial charge on any atom is 0.326 e. The molecule has 8 heteroatoms. The summed E-state index contributed by atoms with van der Waals surface area (Å²) >= 11 is 0. The first-order chi connectivity index (χ1) is 10.5. The Balaban J connectivity index is 2.07. The number of esters is 1. The zero-order chi connectivity index (χ0) is 16.1. The van der Waals surface area contributed by atoms with Gasteiger partial charge in [0.1, 0.15) is 19.0 Å². The second-order valence-electron chi connectivity index (χ2n) is 4.66. The lowest BCUT2D eigenvalue weighted by atomic mass is 10.2. The fourth-order valence-electron chi connectivity index (χ4n) is 1.99. The van der Waals surface area contributed by atoms with Crippen LogP contribution in [-0.4, -0.2) is 49.3 Å². The molecule has 2 N–H and O–H groups in total. The number of anilines is 2. The zero-order valence-electron chi connectivity index (χ0n) is 12.6. The van der Waals surface area contributed by atoms with Gasteiger partial charge in [0.05, 0.1) is 6.61 Å². The lowest BCUT2D eigenvalue weighted by Crippen LogP contribution is -2.47. The van der Waals surface area contributed by atoms with E-state index >= 15 is 0 Å². The number of nitrogen functional groups attached to an aromatic ring is 1. The summed E-state index contributed by atoms with van der Waals surface area (Å²) in [7, 11) is 0. The van der Waals surface area contributed by atoms with Gasteiger partial charge in [-0.25, -0.2) is 4.98 Å². The standard InChI is InChI=1S/C14H19N3O5/c1-3-20-6-7-21-12(18)8-17-13-10(4-5-11(15)16-13)22-9(2)14(17)19/h4-5,9H,3,6-8H2,1-2H3,(H2,15,16). The first-order valence-electron chi connectivity index (χ1n) is 7.00. The van der Waals surface area contributed by atoms with Crippen LogP contribution >= 0.6 is 0 Å². The molecule has 0 aliphatic carbocycles. The van der Waals surface area contributed by atoms with Crippen molar-refractivity contribution in [1.29, 1.82) is 0 Å². The van der Waals surface area contributed by atoms with Gasteiger partial charge in [-0.2, -0.15) is 0 Å². The molecular weight excluding hydrogens is 290 g/mol. The van der Waals surface area contributed by atoms with Gasteiger partial charge in [0.25, 0.3) is 5.91 Å². The highest BCUT2D eigenvalue weighted by Gasteiger charge is 2.34. The number of nitrogens with zero attached hydrogens (tertiary/aromatic N) is 2. The SMILES string of the molecule is CCOCCOC(=O)CN1C(=O)C(C)Oc2ccc(N)nc21. The maximum absolute atomic E-state index is 12.2. The Morgan fingerprint density at radius 2 is 2.23 bits per heavy atom. The molecule has 8 nitrogen and oxygen atoms in total. The van der Waals surface area contributed by atoms with Crippen molar-refractivity contribution in [3.05, 3.63) is 12.1 Å². The Kier molecular flexibility index (Phi) is 5.16. The van der Waals surface area contributed by atoms with Crippen LogP contribution in [0.3, 0.4) is 0 Å². The molecule has 0 aromatic carbocycles. The van der Waals surface area contributed by atoms with Crippen LogP contribution in [-0.2, 0) is 19.1 Å². The number of hydrogen-bond donors (Lipinski definition) is 1. The van der Waals surface area contributed by atoms with Crippen molar-refractivity contribution in [2.75, 3.05) is 37.0 Å². The molecule has 1 aromatic heterocycles. The van der Waals surface area contributed by atoms with Crippen LogP contribution in [0.5, 0.6) is 5.75 Å². The van der Waals surface area contributed by atoms with Crippen molar-refractivity contribution in [2.24, 2.45) is 0 Å². The van der Waals surface area contributed by atoms with Crippen molar-refractivity contribution in [3.8, 4) is 5.75 Å². The fraction of sp³-hybridized carbons (Fsp3) is 0.500. The van der Waals surface area contributed by atoms with Crippen molar-refractivity contribution in [2.45, 2.75) is 20.0 Å². The summed E-state index contributed by atoms with van der Waals surface area (Å²) < 4.78 is 15.5. The molecule has 0 spiro atoms. The second kappa shape index (κ2) is 7.08. The number of aromatic nitrogens is 1. The van der Waals surface area contributed by atoms with E-state index in [2.05, 4.69) is 4.98 Å². The first-order valence-corrected chi connectivity index (χ1v) is 7.00. The summed E-state index contributed by atoms with van der Waals surface area (Å²) in [6, 6.07) is 3.19. The number of rotatable bonds is 6. The Hall–Kier alpha value is -2.35. The molecule has 0 saturated carbocycles. The molecule has 1 aromatic rings. The average molecular weight is 309 g/mol. The van der Waals surface area contributed by atoms with E-state index in [0.29, 0.717) is 19.0 Å². The third-order valence-corrected chi connectivity index (χ3v) is 3.02. The molecule has 0 fully saturated rings. The molecule has 120 valence electrons. The van der Waals surface area contributed by atoms with E-state index in [0.717, 1.165) is 0 Å². The van der Waals surface area contributed by atoms with Gasteiger partial charge >= 0.3 is 5.97 Å².